The van der Waals surface area contributed by atoms with Crippen LogP contribution in [0.5, 0.6) is 0 Å². The lowest BCUT2D eigenvalue weighted by molar-refractivity contribution is -0.132. The van der Waals surface area contributed by atoms with Crippen LogP contribution in [0, 0.1) is 0 Å². The molecule has 3 aromatic carbocycles. The van der Waals surface area contributed by atoms with Crippen molar-refractivity contribution in [2.24, 2.45) is 5.10 Å². The van der Waals surface area contributed by atoms with Gasteiger partial charge in [0.1, 0.15) is 0 Å². The highest BCUT2D eigenvalue weighted by atomic mass is 35.5. The van der Waals surface area contributed by atoms with Crippen molar-refractivity contribution in [3.8, 4) is 11.1 Å². The van der Waals surface area contributed by atoms with Gasteiger partial charge in [-0.25, -0.2) is 5.01 Å². The number of nitrogens with zero attached hydrogens (tertiary/aromatic N) is 2. The Kier molecular flexibility index (Phi) is 5.98. The zero-order chi connectivity index (χ0) is 23.8. The maximum Gasteiger partial charge on any atom is 0.258 e. The standard InChI is InChI=1S/C27H21Cl2N3O2/c1-2-24(33)32-23(18-7-3-5-9-20(18)29)15-22(31-32)26-25(16-11-13-17(28)14-12-16)19-8-4-6-10-21(19)30-27(26)34/h3-14,23H,2,15H2,1H3,(H,30,34)/t23-/m1/s1. The molecule has 5 rings (SSSR count). The largest absolute Gasteiger partial charge is 0.321 e. The molecular formula is C27H21Cl2N3O2. The number of hydrogen-bond acceptors (Lipinski definition) is 3. The normalized spacial score (nSPS) is 15.6. The zero-order valence-electron chi connectivity index (χ0n) is 18.4. The van der Waals surface area contributed by atoms with Crippen LogP contribution in [-0.4, -0.2) is 21.6 Å². The van der Waals surface area contributed by atoms with Crippen LogP contribution in [0.1, 0.15) is 36.9 Å². The molecule has 1 N–H and O–H groups in total. The maximum absolute atomic E-state index is 13.4. The van der Waals surface area contributed by atoms with Crippen LogP contribution in [0.15, 0.2) is 82.7 Å². The van der Waals surface area contributed by atoms with Gasteiger partial charge in [-0.2, -0.15) is 5.10 Å². The molecule has 0 radical (unpaired) electrons. The lowest BCUT2D eigenvalue weighted by atomic mass is 9.91. The molecule has 0 aliphatic carbocycles. The number of rotatable bonds is 4. The smallest absolute Gasteiger partial charge is 0.258 e. The van der Waals surface area contributed by atoms with Crippen LogP contribution < -0.4 is 5.56 Å². The topological polar surface area (TPSA) is 65.5 Å². The summed E-state index contributed by atoms with van der Waals surface area (Å²) in [5.41, 5.74) is 3.87. The number of H-pyrrole nitrogens is 1. The molecule has 0 bridgehead atoms. The Bertz CT molecular complexity index is 1490. The van der Waals surface area contributed by atoms with Gasteiger partial charge in [-0.05, 0) is 35.4 Å². The number of aromatic amines is 1. The van der Waals surface area contributed by atoms with Crippen molar-refractivity contribution in [1.82, 2.24) is 9.99 Å². The van der Waals surface area contributed by atoms with Crippen molar-refractivity contribution >= 4 is 45.7 Å². The quantitative estimate of drug-likeness (QED) is 0.351. The summed E-state index contributed by atoms with van der Waals surface area (Å²) in [7, 11) is 0. The summed E-state index contributed by atoms with van der Waals surface area (Å²) in [6.45, 7) is 1.79. The fourth-order valence-corrected chi connectivity index (χ4v) is 4.86. The van der Waals surface area contributed by atoms with E-state index in [1.165, 1.54) is 5.01 Å². The van der Waals surface area contributed by atoms with E-state index in [9.17, 15) is 9.59 Å². The van der Waals surface area contributed by atoms with E-state index in [0.29, 0.717) is 27.7 Å². The van der Waals surface area contributed by atoms with E-state index in [-0.39, 0.29) is 23.9 Å². The van der Waals surface area contributed by atoms with Gasteiger partial charge in [0, 0.05) is 39.4 Å². The number of halogens is 2. The molecule has 34 heavy (non-hydrogen) atoms. The predicted octanol–water partition coefficient (Wildman–Crippen LogP) is 6.59. The fourth-order valence-electron chi connectivity index (χ4n) is 4.48. The van der Waals surface area contributed by atoms with E-state index in [2.05, 4.69) is 4.98 Å². The molecule has 2 heterocycles. The van der Waals surface area contributed by atoms with Crippen molar-refractivity contribution in [2.45, 2.75) is 25.8 Å². The number of nitrogens with one attached hydrogen (secondary N) is 1. The minimum Gasteiger partial charge on any atom is -0.321 e. The third kappa shape index (κ3) is 3.91. The highest BCUT2D eigenvalue weighted by Gasteiger charge is 2.35. The average Bonchev–Trinajstić information content (AvgIpc) is 3.28. The summed E-state index contributed by atoms with van der Waals surface area (Å²) in [6, 6.07) is 22.1. The van der Waals surface area contributed by atoms with E-state index in [4.69, 9.17) is 28.3 Å². The Hall–Kier alpha value is -3.41. The first-order valence-electron chi connectivity index (χ1n) is 11.0. The highest BCUT2D eigenvalue weighted by molar-refractivity contribution is 6.31. The number of carbonyl (C=O) groups is 1. The molecule has 170 valence electrons. The Morgan fingerprint density at radius 2 is 1.71 bits per heavy atom. The molecule has 0 saturated carbocycles. The van der Waals surface area contributed by atoms with Crippen molar-refractivity contribution in [3.63, 3.8) is 0 Å². The molecule has 1 aliphatic rings. The van der Waals surface area contributed by atoms with E-state index < -0.39 is 0 Å². The number of carbonyl (C=O) groups excluding carboxylic acids is 1. The fraction of sp³-hybridized carbons (Fsp3) is 0.148. The molecule has 5 nitrogen and oxygen atoms in total. The van der Waals surface area contributed by atoms with Gasteiger partial charge in [-0.3, -0.25) is 9.59 Å². The van der Waals surface area contributed by atoms with Crippen LogP contribution in [0.25, 0.3) is 22.0 Å². The molecule has 4 aromatic rings. The Labute approximate surface area is 206 Å². The summed E-state index contributed by atoms with van der Waals surface area (Å²) in [5.74, 6) is -0.134. The average molecular weight is 490 g/mol. The molecular weight excluding hydrogens is 469 g/mol. The van der Waals surface area contributed by atoms with Gasteiger partial charge < -0.3 is 4.98 Å². The second-order valence-electron chi connectivity index (χ2n) is 8.14. The van der Waals surface area contributed by atoms with Crippen LogP contribution in [0.4, 0.5) is 0 Å². The number of benzene rings is 3. The first-order chi connectivity index (χ1) is 16.5. The van der Waals surface area contributed by atoms with Gasteiger partial charge >= 0.3 is 0 Å². The lowest BCUT2D eigenvalue weighted by Crippen LogP contribution is -2.26. The highest BCUT2D eigenvalue weighted by Crippen LogP contribution is 2.39. The number of hydrazone groups is 1. The van der Waals surface area contributed by atoms with Crippen LogP contribution >= 0.6 is 23.2 Å². The zero-order valence-corrected chi connectivity index (χ0v) is 19.9. The van der Waals surface area contributed by atoms with E-state index in [1.807, 2.05) is 54.6 Å². The molecule has 1 atom stereocenters. The number of pyridine rings is 1. The SMILES string of the molecule is CCC(=O)N1N=C(c2c(-c3ccc(Cl)cc3)c3ccccc3[nH]c2=O)C[C@@H]1c1ccccc1Cl. The molecule has 1 aromatic heterocycles. The minimum atomic E-state index is -0.389. The summed E-state index contributed by atoms with van der Waals surface area (Å²) >= 11 is 12.6. The summed E-state index contributed by atoms with van der Waals surface area (Å²) < 4.78 is 0. The Balaban J connectivity index is 1.74. The van der Waals surface area contributed by atoms with Gasteiger partial charge in [0.2, 0.25) is 5.91 Å². The van der Waals surface area contributed by atoms with E-state index in [1.54, 1.807) is 25.1 Å². The molecule has 0 spiro atoms. The summed E-state index contributed by atoms with van der Waals surface area (Å²) in [6.07, 6.45) is 0.660. The second-order valence-corrected chi connectivity index (χ2v) is 8.98. The Morgan fingerprint density at radius 1 is 1.00 bits per heavy atom. The van der Waals surface area contributed by atoms with Crippen molar-refractivity contribution in [2.75, 3.05) is 0 Å². The van der Waals surface area contributed by atoms with Gasteiger partial charge in [-0.15, -0.1) is 0 Å². The van der Waals surface area contributed by atoms with Gasteiger partial charge in [0.25, 0.3) is 5.56 Å². The number of aromatic nitrogens is 1. The van der Waals surface area contributed by atoms with Gasteiger partial charge in [0.05, 0.1) is 17.3 Å². The van der Waals surface area contributed by atoms with Crippen LogP contribution in [0.2, 0.25) is 10.0 Å². The number of para-hydroxylation sites is 1. The third-order valence-electron chi connectivity index (χ3n) is 6.08. The molecule has 0 fully saturated rings. The maximum atomic E-state index is 13.4. The minimum absolute atomic E-state index is 0.134. The molecule has 1 aliphatic heterocycles. The lowest BCUT2D eigenvalue weighted by Gasteiger charge is -2.22. The van der Waals surface area contributed by atoms with E-state index in [0.717, 1.165) is 27.6 Å². The molecule has 0 unspecified atom stereocenters. The monoisotopic (exact) mass is 489 g/mol. The number of hydrogen-bond donors (Lipinski definition) is 1. The van der Waals surface area contributed by atoms with Crippen molar-refractivity contribution in [1.29, 1.82) is 0 Å². The van der Waals surface area contributed by atoms with Crippen molar-refractivity contribution < 1.29 is 4.79 Å². The van der Waals surface area contributed by atoms with Crippen LogP contribution in [-0.2, 0) is 4.79 Å². The predicted molar refractivity (Wildman–Crippen MR) is 137 cm³/mol. The second kappa shape index (κ2) is 9.09. The number of amides is 1. The number of fused-ring (bicyclic) bond motifs is 1. The van der Waals surface area contributed by atoms with Gasteiger partial charge in [0.15, 0.2) is 0 Å². The van der Waals surface area contributed by atoms with Crippen LogP contribution in [0.3, 0.4) is 0 Å². The van der Waals surface area contributed by atoms with Crippen molar-refractivity contribution in [3.05, 3.63) is 104 Å². The Morgan fingerprint density at radius 3 is 2.44 bits per heavy atom. The molecule has 7 heteroatoms. The van der Waals surface area contributed by atoms with Gasteiger partial charge in [-0.1, -0.05) is 78.7 Å². The molecule has 0 saturated heterocycles. The summed E-state index contributed by atoms with van der Waals surface area (Å²) in [4.78, 5) is 29.3. The summed E-state index contributed by atoms with van der Waals surface area (Å²) in [5, 5.41) is 8.22. The first-order valence-corrected chi connectivity index (χ1v) is 11.8. The first kappa shape index (κ1) is 22.4. The molecule has 1 amide bonds. The third-order valence-corrected chi connectivity index (χ3v) is 6.67. The van der Waals surface area contributed by atoms with E-state index >= 15 is 0 Å².